The Morgan fingerprint density at radius 3 is 2.55 bits per heavy atom. The number of benzene rings is 1. The highest BCUT2D eigenvalue weighted by Crippen LogP contribution is 2.30. The van der Waals surface area contributed by atoms with Gasteiger partial charge in [0.25, 0.3) is 15.9 Å². The van der Waals surface area contributed by atoms with Crippen molar-refractivity contribution in [3.05, 3.63) is 77.4 Å². The zero-order chi connectivity index (χ0) is 28.6. The third-order valence-corrected chi connectivity index (χ3v) is 7.67. The van der Waals surface area contributed by atoms with Crippen molar-refractivity contribution in [3.8, 4) is 17.1 Å². The molecule has 1 amide bonds. The molecule has 0 spiro atoms. The van der Waals surface area contributed by atoms with Gasteiger partial charge < -0.3 is 9.64 Å². The van der Waals surface area contributed by atoms with Crippen LogP contribution in [0.25, 0.3) is 11.3 Å². The number of sulfonamides is 1. The second-order valence-electron chi connectivity index (χ2n) is 9.38. The average Bonchev–Trinajstić information content (AvgIpc) is 3.54. The third kappa shape index (κ3) is 5.61. The lowest BCUT2D eigenvalue weighted by atomic mass is 10.00. The first kappa shape index (κ1) is 27.1. The van der Waals surface area contributed by atoms with Crippen LogP contribution in [0.4, 0.5) is 14.7 Å². The largest absolute Gasteiger partial charge is 0.472 e. The number of amides is 1. The van der Waals surface area contributed by atoms with Crippen LogP contribution in [0.1, 0.15) is 28.0 Å². The number of nitrogens with zero attached hydrogens (tertiary/aromatic N) is 6. The van der Waals surface area contributed by atoms with Crippen LogP contribution in [0.2, 0.25) is 0 Å². The molecule has 0 saturated carbocycles. The number of carbonyl (C=O) groups excluding carboxylic acids is 1. The fraction of sp³-hybridized carbons (Fsp3) is 0.269. The van der Waals surface area contributed by atoms with Gasteiger partial charge in [0.1, 0.15) is 11.0 Å². The van der Waals surface area contributed by atoms with Crippen molar-refractivity contribution < 1.29 is 26.7 Å². The lowest BCUT2D eigenvalue weighted by Crippen LogP contribution is -2.32. The van der Waals surface area contributed by atoms with Crippen LogP contribution in [0.3, 0.4) is 0 Å². The lowest BCUT2D eigenvalue weighted by molar-refractivity contribution is 0.0758. The molecular formula is C26H25F2N7O4S. The van der Waals surface area contributed by atoms with E-state index < -0.39 is 39.5 Å². The number of rotatable bonds is 7. The summed E-state index contributed by atoms with van der Waals surface area (Å²) in [7, 11) is -2.46. The number of halogens is 2. The normalized spacial score (nSPS) is 15.3. The van der Waals surface area contributed by atoms with Crippen LogP contribution in [-0.2, 0) is 17.1 Å². The Balaban J connectivity index is 1.43. The summed E-state index contributed by atoms with van der Waals surface area (Å²) in [5, 5.41) is 3.90. The van der Waals surface area contributed by atoms with Gasteiger partial charge in [0.2, 0.25) is 17.8 Å². The number of nitrogens with one attached hydrogen (secondary N) is 1. The van der Waals surface area contributed by atoms with E-state index in [1.54, 1.807) is 13.1 Å². The lowest BCUT2D eigenvalue weighted by Gasteiger charge is -2.18. The first-order valence-corrected chi connectivity index (χ1v) is 13.7. The van der Waals surface area contributed by atoms with E-state index in [1.807, 2.05) is 32.0 Å². The summed E-state index contributed by atoms with van der Waals surface area (Å²) >= 11 is 0. The smallest absolute Gasteiger partial charge is 0.275 e. The second-order valence-corrected chi connectivity index (χ2v) is 11.1. The zero-order valence-corrected chi connectivity index (χ0v) is 22.6. The summed E-state index contributed by atoms with van der Waals surface area (Å²) in [5.41, 5.74) is 2.43. The fourth-order valence-electron chi connectivity index (χ4n) is 4.49. The number of likely N-dealkylation sites (tertiary alicyclic amines) is 1. The summed E-state index contributed by atoms with van der Waals surface area (Å²) in [5.74, 6) is -2.78. The predicted molar refractivity (Wildman–Crippen MR) is 140 cm³/mol. The molecule has 3 aromatic heterocycles. The summed E-state index contributed by atoms with van der Waals surface area (Å²) in [4.78, 5) is 26.1. The van der Waals surface area contributed by atoms with E-state index in [4.69, 9.17) is 4.74 Å². The minimum absolute atomic E-state index is 0.0654. The number of carbonyl (C=O) groups is 1. The summed E-state index contributed by atoms with van der Waals surface area (Å²) in [6.07, 6.45) is 2.37. The number of anilines is 1. The number of pyridine rings is 1. The van der Waals surface area contributed by atoms with Crippen LogP contribution in [0, 0.1) is 25.6 Å². The number of ether oxygens (including phenoxy) is 1. The van der Waals surface area contributed by atoms with Crippen molar-refractivity contribution in [2.75, 3.05) is 17.8 Å². The molecule has 0 aliphatic carbocycles. The van der Waals surface area contributed by atoms with Crippen LogP contribution in [0.5, 0.6) is 5.88 Å². The quantitative estimate of drug-likeness (QED) is 0.336. The van der Waals surface area contributed by atoms with Crippen molar-refractivity contribution >= 4 is 21.9 Å². The maximum absolute atomic E-state index is 14.1. The predicted octanol–water partition coefficient (Wildman–Crippen LogP) is 3.26. The van der Waals surface area contributed by atoms with Crippen LogP contribution >= 0.6 is 0 Å². The van der Waals surface area contributed by atoms with E-state index in [2.05, 4.69) is 24.8 Å². The molecule has 208 valence electrons. The molecule has 1 aliphatic heterocycles. The molecule has 14 heteroatoms. The number of hydrogen-bond acceptors (Lipinski definition) is 8. The Labute approximate surface area is 228 Å². The topological polar surface area (TPSA) is 132 Å². The Morgan fingerprint density at radius 2 is 1.85 bits per heavy atom. The number of aromatic nitrogens is 5. The first-order chi connectivity index (χ1) is 19.0. The fourth-order valence-corrected chi connectivity index (χ4v) is 5.42. The molecule has 4 aromatic rings. The van der Waals surface area contributed by atoms with Crippen molar-refractivity contribution in [2.24, 2.45) is 7.05 Å². The molecule has 0 radical (unpaired) electrons. The molecular weight excluding hydrogens is 544 g/mol. The van der Waals surface area contributed by atoms with E-state index in [9.17, 15) is 22.0 Å². The second kappa shape index (κ2) is 10.6. The molecule has 1 fully saturated rings. The van der Waals surface area contributed by atoms with E-state index in [1.165, 1.54) is 22.0 Å². The van der Waals surface area contributed by atoms with Crippen molar-refractivity contribution in [1.82, 2.24) is 29.6 Å². The molecule has 4 heterocycles. The van der Waals surface area contributed by atoms with Crippen molar-refractivity contribution in [2.45, 2.75) is 31.3 Å². The van der Waals surface area contributed by atoms with Gasteiger partial charge in [-0.25, -0.2) is 27.5 Å². The molecule has 1 aromatic carbocycles. The Bertz CT molecular complexity index is 1690. The van der Waals surface area contributed by atoms with Gasteiger partial charge in [0, 0.05) is 37.8 Å². The van der Waals surface area contributed by atoms with Gasteiger partial charge in [0.05, 0.1) is 18.4 Å². The summed E-state index contributed by atoms with van der Waals surface area (Å²) in [6.45, 7) is 4.10. The van der Waals surface area contributed by atoms with E-state index in [0.717, 1.165) is 28.8 Å². The monoisotopic (exact) mass is 569 g/mol. The van der Waals surface area contributed by atoms with Gasteiger partial charge >= 0.3 is 0 Å². The first-order valence-electron chi connectivity index (χ1n) is 12.3. The Kier molecular flexibility index (Phi) is 7.19. The molecule has 1 atom stereocenters. The van der Waals surface area contributed by atoms with Gasteiger partial charge in [-0.2, -0.15) is 14.5 Å². The number of hydrogen-bond donors (Lipinski definition) is 1. The summed E-state index contributed by atoms with van der Waals surface area (Å²) < 4.78 is 63.4. The van der Waals surface area contributed by atoms with E-state index in [-0.39, 0.29) is 29.8 Å². The van der Waals surface area contributed by atoms with Gasteiger partial charge in [-0.05, 0) is 37.1 Å². The Morgan fingerprint density at radius 1 is 1.10 bits per heavy atom. The zero-order valence-electron chi connectivity index (χ0n) is 21.8. The molecule has 5 rings (SSSR count). The summed E-state index contributed by atoms with van der Waals surface area (Å²) in [6, 6.07) is 9.00. The molecule has 11 nitrogen and oxygen atoms in total. The highest BCUT2D eigenvalue weighted by molar-refractivity contribution is 7.92. The van der Waals surface area contributed by atoms with Crippen molar-refractivity contribution in [1.29, 1.82) is 0 Å². The molecule has 1 N–H and O–H groups in total. The molecule has 40 heavy (non-hydrogen) atoms. The Hall–Kier alpha value is -4.46. The third-order valence-electron chi connectivity index (χ3n) is 6.39. The van der Waals surface area contributed by atoms with Crippen LogP contribution in [-0.4, -0.2) is 63.2 Å². The van der Waals surface area contributed by atoms with Gasteiger partial charge in [-0.3, -0.25) is 9.48 Å². The van der Waals surface area contributed by atoms with Gasteiger partial charge in [-0.15, -0.1) is 0 Å². The maximum Gasteiger partial charge on any atom is 0.275 e. The molecule has 1 unspecified atom stereocenters. The molecule has 1 saturated heterocycles. The van der Waals surface area contributed by atoms with Crippen LogP contribution < -0.4 is 9.46 Å². The minimum Gasteiger partial charge on any atom is -0.472 e. The molecule has 1 aliphatic rings. The van der Waals surface area contributed by atoms with E-state index in [0.29, 0.717) is 12.1 Å². The maximum atomic E-state index is 14.1. The SMILES string of the molecule is Cc1cccc(C)c1-c1cc(OC2CCN(C(=O)c3nc(F)ccc3F)C2)nc(NS(=O)(=O)c2cnn(C)c2)n1. The van der Waals surface area contributed by atoms with Gasteiger partial charge in [-0.1, -0.05) is 18.2 Å². The molecule has 0 bridgehead atoms. The van der Waals surface area contributed by atoms with Crippen molar-refractivity contribution in [3.63, 3.8) is 0 Å². The minimum atomic E-state index is -4.05. The number of aryl methyl sites for hydroxylation is 3. The standard InChI is InChI=1S/C26H25F2N7O4S/c1-15-5-4-6-16(2)23(15)20-11-22(32-26(30-20)33-40(37,38)18-12-29-34(3)14-18)39-17-9-10-35(13-17)25(36)24-19(27)7-8-21(28)31-24/h4-8,11-12,14,17H,9-10,13H2,1-3H3,(H,30,32,33). The van der Waals surface area contributed by atoms with Gasteiger partial charge in [0.15, 0.2) is 11.5 Å². The highest BCUT2D eigenvalue weighted by atomic mass is 32.2. The highest BCUT2D eigenvalue weighted by Gasteiger charge is 2.31. The van der Waals surface area contributed by atoms with E-state index >= 15 is 0 Å². The van der Waals surface area contributed by atoms with Crippen LogP contribution in [0.15, 0.2) is 53.7 Å². The average molecular weight is 570 g/mol.